The zero-order valence-electron chi connectivity index (χ0n) is 30.4. The maximum Gasteiger partial charge on any atom is 0.335 e. The lowest BCUT2D eigenvalue weighted by Gasteiger charge is -2.18. The number of benzene rings is 2. The summed E-state index contributed by atoms with van der Waals surface area (Å²) in [6.07, 6.45) is 23.8. The first-order chi connectivity index (χ1) is 23.8. The number of fused-ring (bicyclic) bond motifs is 1. The quantitative estimate of drug-likeness (QED) is 0.0648. The molecule has 274 valence electrons. The molecule has 0 bridgehead atoms. The van der Waals surface area contributed by atoms with E-state index in [2.05, 4.69) is 19.2 Å². The number of amides is 1. The van der Waals surface area contributed by atoms with Gasteiger partial charge in [0.05, 0.1) is 18.8 Å². The van der Waals surface area contributed by atoms with E-state index in [1.165, 1.54) is 96.0 Å². The Hall–Kier alpha value is -3.42. The average molecular weight is 682 g/mol. The lowest BCUT2D eigenvalue weighted by Crippen LogP contribution is -2.42. The fourth-order valence-electron chi connectivity index (χ4n) is 5.98. The second-order valence-corrected chi connectivity index (χ2v) is 13.4. The van der Waals surface area contributed by atoms with Gasteiger partial charge in [-0.1, -0.05) is 142 Å². The Morgan fingerprint density at radius 1 is 0.592 bits per heavy atom. The van der Waals surface area contributed by atoms with Crippen LogP contribution in [-0.2, 0) is 19.1 Å². The van der Waals surface area contributed by atoms with Crippen molar-refractivity contribution in [2.45, 2.75) is 161 Å². The molecular weight excluding hydrogens is 618 g/mol. The number of carbonyl (C=O) groups is 4. The van der Waals surface area contributed by atoms with Crippen molar-refractivity contribution in [3.63, 3.8) is 0 Å². The number of rotatable bonds is 29. The topological polar surface area (TPSA) is 119 Å². The van der Waals surface area contributed by atoms with E-state index in [1.807, 2.05) is 0 Å². The van der Waals surface area contributed by atoms with Crippen molar-refractivity contribution in [3.05, 3.63) is 47.5 Å². The van der Waals surface area contributed by atoms with Crippen LogP contribution in [0.4, 0.5) is 0 Å². The van der Waals surface area contributed by atoms with E-state index in [0.717, 1.165) is 38.5 Å². The summed E-state index contributed by atoms with van der Waals surface area (Å²) in [5, 5.41) is 13.4. The molecule has 0 saturated heterocycles. The summed E-state index contributed by atoms with van der Waals surface area (Å²) in [5.41, 5.74) is 0.488. The number of hydrogen-bond donors (Lipinski definition) is 2. The molecule has 0 saturated carbocycles. The lowest BCUT2D eigenvalue weighted by molar-refractivity contribution is -0.147. The molecule has 2 rings (SSSR count). The van der Waals surface area contributed by atoms with Crippen LogP contribution < -0.4 is 5.32 Å². The van der Waals surface area contributed by atoms with Gasteiger partial charge in [-0.2, -0.15) is 0 Å². The number of nitrogens with one attached hydrogen (secondary N) is 1. The molecule has 0 aromatic heterocycles. The highest BCUT2D eigenvalue weighted by Gasteiger charge is 2.24. The van der Waals surface area contributed by atoms with Crippen LogP contribution in [-0.4, -0.2) is 48.2 Å². The van der Waals surface area contributed by atoms with Gasteiger partial charge in [0.1, 0.15) is 6.04 Å². The molecule has 0 aliphatic carbocycles. The molecule has 2 N–H and O–H groups in total. The Bertz CT molecular complexity index is 1240. The zero-order valence-corrected chi connectivity index (χ0v) is 30.4. The molecule has 0 fully saturated rings. The molecule has 0 unspecified atom stereocenters. The van der Waals surface area contributed by atoms with Crippen molar-refractivity contribution in [2.24, 2.45) is 0 Å². The molecule has 1 atom stereocenters. The van der Waals surface area contributed by atoms with E-state index in [0.29, 0.717) is 22.9 Å². The van der Waals surface area contributed by atoms with Crippen LogP contribution in [0, 0.1) is 0 Å². The van der Waals surface area contributed by atoms with Gasteiger partial charge in [0, 0.05) is 12.0 Å². The van der Waals surface area contributed by atoms with Crippen molar-refractivity contribution < 1.29 is 33.8 Å². The van der Waals surface area contributed by atoms with E-state index in [4.69, 9.17) is 9.47 Å². The SMILES string of the molecule is CCCCCCCCCCCCOC(=O)CC[C@@H](NC(=O)c1ccc2cc(C(=O)O)ccc2c1)C(=O)OCCCCCCCCCCCC. The number of hydrogen-bond acceptors (Lipinski definition) is 6. The molecule has 8 heteroatoms. The Kier molecular flexibility index (Phi) is 22.5. The van der Waals surface area contributed by atoms with Crippen molar-refractivity contribution >= 4 is 34.6 Å². The standard InChI is InChI=1S/C41H63NO7/c1-3-5-7-9-11-13-15-17-19-21-29-48-38(43)28-27-37(41(47)49-30-22-20-18-16-14-12-10-8-6-4-2)42-39(44)35-25-23-34-32-36(40(45)46)26-24-33(34)31-35/h23-26,31-32,37H,3-22,27-30H2,1-2H3,(H,42,44)(H,45,46)/t37-/m1/s1. The fraction of sp³-hybridized carbons (Fsp3) is 0.659. The Labute approximate surface area is 295 Å². The van der Waals surface area contributed by atoms with Gasteiger partial charge < -0.3 is 19.9 Å². The van der Waals surface area contributed by atoms with E-state index in [9.17, 15) is 24.3 Å². The average Bonchev–Trinajstić information content (AvgIpc) is 3.10. The predicted molar refractivity (Wildman–Crippen MR) is 197 cm³/mol. The summed E-state index contributed by atoms with van der Waals surface area (Å²) in [6, 6.07) is 8.62. The van der Waals surface area contributed by atoms with Crippen LogP contribution in [0.5, 0.6) is 0 Å². The maximum atomic E-state index is 13.2. The third kappa shape index (κ3) is 18.8. The number of aromatic carboxylic acids is 1. The number of carboxylic acid groups (broad SMARTS) is 1. The molecule has 0 spiro atoms. The molecule has 0 aliphatic heterocycles. The van der Waals surface area contributed by atoms with Crippen LogP contribution >= 0.6 is 0 Å². The minimum Gasteiger partial charge on any atom is -0.478 e. The minimum atomic E-state index is -1.02. The molecule has 8 nitrogen and oxygen atoms in total. The van der Waals surface area contributed by atoms with Crippen LogP contribution in [0.25, 0.3) is 10.8 Å². The molecule has 0 aliphatic rings. The first-order valence-electron chi connectivity index (χ1n) is 19.3. The van der Waals surface area contributed by atoms with E-state index < -0.39 is 29.9 Å². The van der Waals surface area contributed by atoms with Crippen molar-refractivity contribution in [2.75, 3.05) is 13.2 Å². The summed E-state index contributed by atoms with van der Waals surface area (Å²) < 4.78 is 11.0. The van der Waals surface area contributed by atoms with Gasteiger partial charge in [-0.05, 0) is 54.3 Å². The van der Waals surface area contributed by atoms with Crippen molar-refractivity contribution in [3.8, 4) is 0 Å². The first kappa shape index (κ1) is 41.7. The highest BCUT2D eigenvalue weighted by molar-refractivity contribution is 6.01. The number of unbranched alkanes of at least 4 members (excludes halogenated alkanes) is 18. The predicted octanol–water partition coefficient (Wildman–Crippen LogP) is 10.3. The van der Waals surface area contributed by atoms with Gasteiger partial charge in [-0.25, -0.2) is 9.59 Å². The Morgan fingerprint density at radius 3 is 1.51 bits per heavy atom. The van der Waals surface area contributed by atoms with Gasteiger partial charge in [0.2, 0.25) is 0 Å². The van der Waals surface area contributed by atoms with Gasteiger partial charge in [-0.3, -0.25) is 9.59 Å². The molecule has 2 aromatic carbocycles. The number of ether oxygens (including phenoxy) is 2. The van der Waals surface area contributed by atoms with Crippen LogP contribution in [0.3, 0.4) is 0 Å². The lowest BCUT2D eigenvalue weighted by atomic mass is 10.0. The van der Waals surface area contributed by atoms with Crippen LogP contribution in [0.15, 0.2) is 36.4 Å². The highest BCUT2D eigenvalue weighted by Crippen LogP contribution is 2.19. The van der Waals surface area contributed by atoms with Crippen molar-refractivity contribution in [1.29, 1.82) is 0 Å². The maximum absolute atomic E-state index is 13.2. The first-order valence-corrected chi connectivity index (χ1v) is 19.3. The van der Waals surface area contributed by atoms with Gasteiger partial charge >= 0.3 is 17.9 Å². The monoisotopic (exact) mass is 681 g/mol. The largest absolute Gasteiger partial charge is 0.478 e. The summed E-state index contributed by atoms with van der Waals surface area (Å²) in [7, 11) is 0. The Morgan fingerprint density at radius 2 is 1.02 bits per heavy atom. The zero-order chi connectivity index (χ0) is 35.5. The second-order valence-electron chi connectivity index (χ2n) is 13.4. The number of esters is 2. The van der Waals surface area contributed by atoms with E-state index in [1.54, 1.807) is 30.3 Å². The smallest absolute Gasteiger partial charge is 0.335 e. The summed E-state index contributed by atoms with van der Waals surface area (Å²) in [6.45, 7) is 5.08. The van der Waals surface area contributed by atoms with Crippen LogP contribution in [0.1, 0.15) is 176 Å². The second kappa shape index (κ2) is 26.4. The molecule has 0 heterocycles. The molecule has 2 aromatic rings. The van der Waals surface area contributed by atoms with E-state index in [-0.39, 0.29) is 25.0 Å². The number of carbonyl (C=O) groups excluding carboxylic acids is 3. The third-order valence-corrected chi connectivity index (χ3v) is 9.08. The van der Waals surface area contributed by atoms with Crippen molar-refractivity contribution in [1.82, 2.24) is 5.32 Å². The van der Waals surface area contributed by atoms with Crippen LogP contribution in [0.2, 0.25) is 0 Å². The summed E-state index contributed by atoms with van der Waals surface area (Å²) in [4.78, 5) is 50.2. The molecule has 1 amide bonds. The summed E-state index contributed by atoms with van der Waals surface area (Å²) in [5.74, 6) is -2.44. The molecule has 0 radical (unpaired) electrons. The molecule has 49 heavy (non-hydrogen) atoms. The van der Waals surface area contributed by atoms with Gasteiger partial charge in [-0.15, -0.1) is 0 Å². The third-order valence-electron chi connectivity index (χ3n) is 9.08. The molecular formula is C41H63NO7. The number of carboxylic acids is 1. The van der Waals surface area contributed by atoms with Gasteiger partial charge in [0.25, 0.3) is 5.91 Å². The summed E-state index contributed by atoms with van der Waals surface area (Å²) >= 11 is 0. The van der Waals surface area contributed by atoms with Gasteiger partial charge in [0.15, 0.2) is 0 Å². The van der Waals surface area contributed by atoms with E-state index >= 15 is 0 Å². The fourth-order valence-corrected chi connectivity index (χ4v) is 5.98. The Balaban J connectivity index is 1.82. The highest BCUT2D eigenvalue weighted by atomic mass is 16.5. The normalized spacial score (nSPS) is 11.7. The minimum absolute atomic E-state index is 0.00819.